The number of rotatable bonds is 3. The van der Waals surface area contributed by atoms with E-state index in [1.54, 1.807) is 0 Å². The molecule has 0 aromatic heterocycles. The molecule has 1 aromatic rings. The number of amides is 1. The Hall–Kier alpha value is -0.880. The minimum atomic E-state index is -0.482. The fourth-order valence-electron chi connectivity index (χ4n) is 3.06. The Kier molecular flexibility index (Phi) is 5.43. The summed E-state index contributed by atoms with van der Waals surface area (Å²) in [6.45, 7) is 4.42. The summed E-state index contributed by atoms with van der Waals surface area (Å²) in [5.74, 6) is 0.774. The van der Waals surface area contributed by atoms with E-state index in [9.17, 15) is 9.18 Å². The molecular formula is C14H18Cl2FN3O. The number of benzene rings is 1. The molecule has 1 aromatic carbocycles. The van der Waals surface area contributed by atoms with Gasteiger partial charge in [0.2, 0.25) is 5.91 Å². The second-order valence-corrected chi connectivity index (χ2v) is 5.96. The van der Waals surface area contributed by atoms with Crippen molar-refractivity contribution in [1.82, 2.24) is 10.2 Å². The topological polar surface area (TPSA) is 44.4 Å². The molecule has 4 nitrogen and oxygen atoms in total. The van der Waals surface area contributed by atoms with Crippen molar-refractivity contribution in [2.75, 3.05) is 38.0 Å². The Labute approximate surface area is 134 Å². The maximum atomic E-state index is 13.0. The average molecular weight is 334 g/mol. The van der Waals surface area contributed by atoms with Crippen molar-refractivity contribution < 1.29 is 9.18 Å². The zero-order chi connectivity index (χ0) is 14.1. The Morgan fingerprint density at radius 2 is 2.05 bits per heavy atom. The molecule has 0 spiro atoms. The van der Waals surface area contributed by atoms with Crippen molar-refractivity contribution >= 4 is 35.6 Å². The average Bonchev–Trinajstić information content (AvgIpc) is 2.94. The molecule has 0 radical (unpaired) electrons. The van der Waals surface area contributed by atoms with Crippen LogP contribution in [0.5, 0.6) is 0 Å². The summed E-state index contributed by atoms with van der Waals surface area (Å²) in [7, 11) is 0. The zero-order valence-corrected chi connectivity index (χ0v) is 13.0. The van der Waals surface area contributed by atoms with Crippen molar-refractivity contribution in [3.05, 3.63) is 29.0 Å². The second-order valence-electron chi connectivity index (χ2n) is 5.55. The Morgan fingerprint density at radius 3 is 2.67 bits per heavy atom. The summed E-state index contributed by atoms with van der Waals surface area (Å²) in [5.41, 5.74) is 0.530. The van der Waals surface area contributed by atoms with E-state index < -0.39 is 5.82 Å². The molecule has 0 aliphatic carbocycles. The Morgan fingerprint density at radius 1 is 1.38 bits per heavy atom. The molecule has 2 saturated heterocycles. The van der Waals surface area contributed by atoms with Crippen LogP contribution >= 0.6 is 24.0 Å². The molecule has 2 aliphatic rings. The molecule has 0 saturated carbocycles. The van der Waals surface area contributed by atoms with E-state index in [-0.39, 0.29) is 23.3 Å². The van der Waals surface area contributed by atoms with Gasteiger partial charge >= 0.3 is 0 Å². The smallest absolute Gasteiger partial charge is 0.238 e. The first kappa shape index (κ1) is 16.5. The standard InChI is InChI=1S/C14H17ClFN3O.ClH/c15-12-3-11(1-2-13(12)16)18-14(20)8-19-6-9-4-17-5-10(9)7-19;/h1-3,9-10,17H,4-8H2,(H,18,20);1H/t9-,10+;. The third kappa shape index (κ3) is 3.86. The molecule has 2 atom stereocenters. The quantitative estimate of drug-likeness (QED) is 0.889. The molecule has 21 heavy (non-hydrogen) atoms. The lowest BCUT2D eigenvalue weighted by molar-refractivity contribution is -0.117. The maximum Gasteiger partial charge on any atom is 0.238 e. The number of hydrogen-bond donors (Lipinski definition) is 2. The van der Waals surface area contributed by atoms with E-state index in [0.29, 0.717) is 24.1 Å². The number of anilines is 1. The molecule has 0 unspecified atom stereocenters. The van der Waals surface area contributed by atoms with E-state index >= 15 is 0 Å². The Bertz CT molecular complexity index is 517. The van der Waals surface area contributed by atoms with Gasteiger partial charge < -0.3 is 10.6 Å². The van der Waals surface area contributed by atoms with E-state index in [2.05, 4.69) is 15.5 Å². The van der Waals surface area contributed by atoms with Gasteiger partial charge in [0.25, 0.3) is 0 Å². The van der Waals surface area contributed by atoms with Gasteiger partial charge in [0.1, 0.15) is 5.82 Å². The van der Waals surface area contributed by atoms with Crippen LogP contribution in [0, 0.1) is 17.7 Å². The van der Waals surface area contributed by atoms with Crippen molar-refractivity contribution in [3.8, 4) is 0 Å². The summed E-state index contributed by atoms with van der Waals surface area (Å²) in [6.07, 6.45) is 0. The van der Waals surface area contributed by atoms with Crippen LogP contribution in [0.15, 0.2) is 18.2 Å². The monoisotopic (exact) mass is 333 g/mol. The van der Waals surface area contributed by atoms with Crippen LogP contribution < -0.4 is 10.6 Å². The number of carbonyl (C=O) groups excluding carboxylic acids is 1. The van der Waals surface area contributed by atoms with Gasteiger partial charge in [-0.2, -0.15) is 0 Å². The van der Waals surface area contributed by atoms with Gasteiger partial charge in [-0.15, -0.1) is 12.4 Å². The molecular weight excluding hydrogens is 316 g/mol. The third-order valence-corrected chi connectivity index (χ3v) is 4.33. The van der Waals surface area contributed by atoms with E-state index in [1.165, 1.54) is 18.2 Å². The molecule has 0 bridgehead atoms. The van der Waals surface area contributed by atoms with Gasteiger partial charge in [-0.25, -0.2) is 4.39 Å². The summed E-state index contributed by atoms with van der Waals surface area (Å²) in [6, 6.07) is 4.20. The molecule has 2 N–H and O–H groups in total. The normalized spacial score (nSPS) is 24.5. The summed E-state index contributed by atoms with van der Waals surface area (Å²) >= 11 is 5.69. The highest BCUT2D eigenvalue weighted by Gasteiger charge is 2.36. The van der Waals surface area contributed by atoms with Gasteiger partial charge in [0.05, 0.1) is 11.6 Å². The van der Waals surface area contributed by atoms with E-state index in [4.69, 9.17) is 11.6 Å². The van der Waals surface area contributed by atoms with Gasteiger partial charge in [0, 0.05) is 18.8 Å². The lowest BCUT2D eigenvalue weighted by Gasteiger charge is -2.16. The first-order valence-electron chi connectivity index (χ1n) is 6.80. The fourth-order valence-corrected chi connectivity index (χ4v) is 3.24. The van der Waals surface area contributed by atoms with E-state index in [1.807, 2.05) is 0 Å². The fraction of sp³-hybridized carbons (Fsp3) is 0.500. The molecule has 3 rings (SSSR count). The highest BCUT2D eigenvalue weighted by molar-refractivity contribution is 6.31. The van der Waals surface area contributed by atoms with Crippen LogP contribution in [-0.4, -0.2) is 43.5 Å². The number of nitrogens with one attached hydrogen (secondary N) is 2. The predicted octanol–water partition coefficient (Wildman–Crippen LogP) is 1.99. The van der Waals surface area contributed by atoms with Gasteiger partial charge in [-0.1, -0.05) is 11.6 Å². The summed E-state index contributed by atoms with van der Waals surface area (Å²) in [5, 5.41) is 6.15. The van der Waals surface area contributed by atoms with Crippen LogP contribution in [0.2, 0.25) is 5.02 Å². The molecule has 7 heteroatoms. The maximum absolute atomic E-state index is 13.0. The zero-order valence-electron chi connectivity index (χ0n) is 11.4. The van der Waals surface area contributed by atoms with Crippen LogP contribution in [0.1, 0.15) is 0 Å². The third-order valence-electron chi connectivity index (χ3n) is 4.04. The number of nitrogens with zero attached hydrogens (tertiary/aromatic N) is 1. The van der Waals surface area contributed by atoms with Gasteiger partial charge in [0.15, 0.2) is 0 Å². The van der Waals surface area contributed by atoms with Crippen molar-refractivity contribution in [2.45, 2.75) is 0 Å². The minimum Gasteiger partial charge on any atom is -0.325 e. The highest BCUT2D eigenvalue weighted by Crippen LogP contribution is 2.26. The minimum absolute atomic E-state index is 0. The first-order valence-corrected chi connectivity index (χ1v) is 7.17. The summed E-state index contributed by atoms with van der Waals surface area (Å²) in [4.78, 5) is 14.2. The highest BCUT2D eigenvalue weighted by atomic mass is 35.5. The Balaban J connectivity index is 0.00000161. The lowest BCUT2D eigenvalue weighted by atomic mass is 10.0. The molecule has 2 heterocycles. The molecule has 116 valence electrons. The number of halogens is 3. The van der Waals surface area contributed by atoms with Crippen LogP contribution in [0.3, 0.4) is 0 Å². The van der Waals surface area contributed by atoms with Crippen molar-refractivity contribution in [2.24, 2.45) is 11.8 Å². The second kappa shape index (κ2) is 6.92. The molecule has 2 fully saturated rings. The number of fused-ring (bicyclic) bond motifs is 1. The number of hydrogen-bond acceptors (Lipinski definition) is 3. The van der Waals surface area contributed by atoms with Crippen LogP contribution in [-0.2, 0) is 4.79 Å². The molecule has 2 aliphatic heterocycles. The van der Waals surface area contributed by atoms with Crippen molar-refractivity contribution in [3.63, 3.8) is 0 Å². The van der Waals surface area contributed by atoms with Gasteiger partial charge in [-0.05, 0) is 43.1 Å². The van der Waals surface area contributed by atoms with Gasteiger partial charge in [-0.3, -0.25) is 9.69 Å². The lowest BCUT2D eigenvalue weighted by Crippen LogP contribution is -2.33. The predicted molar refractivity (Wildman–Crippen MR) is 83.6 cm³/mol. The summed E-state index contributed by atoms with van der Waals surface area (Å²) < 4.78 is 13.0. The SMILES string of the molecule is Cl.O=C(CN1C[C@H]2CNC[C@H]2C1)Nc1ccc(F)c(Cl)c1. The van der Waals surface area contributed by atoms with E-state index in [0.717, 1.165) is 26.2 Å². The molecule has 1 amide bonds. The largest absolute Gasteiger partial charge is 0.325 e. The number of carbonyl (C=O) groups is 1. The van der Waals surface area contributed by atoms with Crippen LogP contribution in [0.25, 0.3) is 0 Å². The first-order chi connectivity index (χ1) is 9.61. The van der Waals surface area contributed by atoms with Crippen molar-refractivity contribution in [1.29, 1.82) is 0 Å². The van der Waals surface area contributed by atoms with Crippen LogP contribution in [0.4, 0.5) is 10.1 Å². The number of likely N-dealkylation sites (tertiary alicyclic amines) is 1.